The normalized spacial score (nSPS) is 11.7. The summed E-state index contributed by atoms with van der Waals surface area (Å²) < 4.78 is 13.0. The predicted molar refractivity (Wildman–Crippen MR) is 77.8 cm³/mol. The third-order valence-electron chi connectivity index (χ3n) is 2.91. The van der Waals surface area contributed by atoms with Crippen molar-refractivity contribution >= 4 is 11.6 Å². The van der Waals surface area contributed by atoms with Crippen molar-refractivity contribution in [1.29, 1.82) is 0 Å². The molecule has 0 aliphatic rings. The lowest BCUT2D eigenvalue weighted by Crippen LogP contribution is -2.37. The molecule has 0 aliphatic carbocycles. The molecule has 0 aliphatic heterocycles. The van der Waals surface area contributed by atoms with Gasteiger partial charge in [-0.05, 0) is 30.7 Å². The van der Waals surface area contributed by atoms with Crippen LogP contribution in [0, 0.1) is 5.82 Å². The maximum absolute atomic E-state index is 13.0. The van der Waals surface area contributed by atoms with Crippen LogP contribution < -0.4 is 10.6 Å². The Bertz CT molecular complexity index is 572. The number of halogens is 1. The fraction of sp³-hybridized carbons (Fsp3) is 0.188. The Morgan fingerprint density at radius 2 is 1.90 bits per heavy atom. The third-order valence-corrected chi connectivity index (χ3v) is 2.91. The summed E-state index contributed by atoms with van der Waals surface area (Å²) in [6.07, 6.45) is 0. The van der Waals surface area contributed by atoms with Crippen molar-refractivity contribution < 1.29 is 9.18 Å². The molecule has 0 aromatic heterocycles. The first-order valence-corrected chi connectivity index (χ1v) is 6.49. The zero-order valence-corrected chi connectivity index (χ0v) is 11.3. The SMILES string of the molecule is CC(Nc1cccc(F)c1)C(=O)NCc1ccccc1. The van der Waals surface area contributed by atoms with Crippen LogP contribution in [0.15, 0.2) is 54.6 Å². The van der Waals surface area contributed by atoms with Gasteiger partial charge >= 0.3 is 0 Å². The lowest BCUT2D eigenvalue weighted by atomic mass is 10.2. The quantitative estimate of drug-likeness (QED) is 0.878. The van der Waals surface area contributed by atoms with Crippen LogP contribution in [0.25, 0.3) is 0 Å². The van der Waals surface area contributed by atoms with Crippen molar-refractivity contribution in [1.82, 2.24) is 5.32 Å². The Morgan fingerprint density at radius 3 is 2.60 bits per heavy atom. The van der Waals surface area contributed by atoms with Gasteiger partial charge in [0, 0.05) is 12.2 Å². The molecule has 104 valence electrons. The lowest BCUT2D eigenvalue weighted by Gasteiger charge is -2.15. The minimum Gasteiger partial charge on any atom is -0.374 e. The lowest BCUT2D eigenvalue weighted by molar-refractivity contribution is -0.121. The summed E-state index contributed by atoms with van der Waals surface area (Å²) in [6, 6.07) is 15.3. The molecule has 0 heterocycles. The van der Waals surface area contributed by atoms with Gasteiger partial charge in [-0.2, -0.15) is 0 Å². The van der Waals surface area contributed by atoms with E-state index in [-0.39, 0.29) is 11.7 Å². The first-order valence-electron chi connectivity index (χ1n) is 6.49. The molecule has 2 N–H and O–H groups in total. The highest BCUT2D eigenvalue weighted by Gasteiger charge is 2.12. The smallest absolute Gasteiger partial charge is 0.242 e. The Morgan fingerprint density at radius 1 is 1.15 bits per heavy atom. The van der Waals surface area contributed by atoms with Gasteiger partial charge in [-0.15, -0.1) is 0 Å². The number of carbonyl (C=O) groups excluding carboxylic acids is 1. The van der Waals surface area contributed by atoms with E-state index in [9.17, 15) is 9.18 Å². The molecular formula is C16H17FN2O. The van der Waals surface area contributed by atoms with Crippen LogP contribution in [0.1, 0.15) is 12.5 Å². The Kier molecular flexibility index (Phi) is 4.71. The summed E-state index contributed by atoms with van der Waals surface area (Å²) in [4.78, 5) is 11.9. The maximum atomic E-state index is 13.0. The van der Waals surface area contributed by atoms with Crippen molar-refractivity contribution in [3.05, 3.63) is 66.0 Å². The van der Waals surface area contributed by atoms with E-state index in [2.05, 4.69) is 10.6 Å². The number of hydrogen-bond acceptors (Lipinski definition) is 2. The van der Waals surface area contributed by atoms with E-state index in [4.69, 9.17) is 0 Å². The molecule has 1 amide bonds. The van der Waals surface area contributed by atoms with E-state index in [1.807, 2.05) is 30.3 Å². The molecule has 2 aromatic carbocycles. The van der Waals surface area contributed by atoms with Gasteiger partial charge in [0.15, 0.2) is 0 Å². The highest BCUT2D eigenvalue weighted by atomic mass is 19.1. The second-order valence-electron chi connectivity index (χ2n) is 4.58. The second-order valence-corrected chi connectivity index (χ2v) is 4.58. The molecule has 0 bridgehead atoms. The average molecular weight is 272 g/mol. The Labute approximate surface area is 117 Å². The van der Waals surface area contributed by atoms with Gasteiger partial charge in [0.25, 0.3) is 0 Å². The summed E-state index contributed by atoms with van der Waals surface area (Å²) in [5, 5.41) is 5.81. The molecule has 0 radical (unpaired) electrons. The molecule has 4 heteroatoms. The number of rotatable bonds is 5. The highest BCUT2D eigenvalue weighted by Crippen LogP contribution is 2.10. The number of hydrogen-bond donors (Lipinski definition) is 2. The Balaban J connectivity index is 1.86. The van der Waals surface area contributed by atoms with Crippen LogP contribution in [0.2, 0.25) is 0 Å². The van der Waals surface area contributed by atoms with Crippen molar-refractivity contribution in [3.63, 3.8) is 0 Å². The number of carbonyl (C=O) groups is 1. The maximum Gasteiger partial charge on any atom is 0.242 e. The first-order chi connectivity index (χ1) is 9.65. The van der Waals surface area contributed by atoms with E-state index in [0.29, 0.717) is 12.2 Å². The molecule has 1 atom stereocenters. The summed E-state index contributed by atoms with van der Waals surface area (Å²) in [7, 11) is 0. The van der Waals surface area contributed by atoms with E-state index in [1.165, 1.54) is 12.1 Å². The Hall–Kier alpha value is -2.36. The van der Waals surface area contributed by atoms with Crippen LogP contribution in [0.4, 0.5) is 10.1 Å². The number of anilines is 1. The van der Waals surface area contributed by atoms with Gasteiger partial charge in [0.2, 0.25) is 5.91 Å². The standard InChI is InChI=1S/C16H17FN2O/c1-12(19-15-9-5-8-14(17)10-15)16(20)18-11-13-6-3-2-4-7-13/h2-10,12,19H,11H2,1H3,(H,18,20). The third kappa shape index (κ3) is 4.09. The highest BCUT2D eigenvalue weighted by molar-refractivity contribution is 5.84. The van der Waals surface area contributed by atoms with Crippen LogP contribution >= 0.6 is 0 Å². The number of amides is 1. The number of nitrogens with one attached hydrogen (secondary N) is 2. The predicted octanol–water partition coefficient (Wildman–Crippen LogP) is 2.94. The van der Waals surface area contributed by atoms with Crippen LogP contribution in [0.5, 0.6) is 0 Å². The summed E-state index contributed by atoms with van der Waals surface area (Å²) in [5.41, 5.74) is 1.63. The summed E-state index contributed by atoms with van der Waals surface area (Å²) in [6.45, 7) is 2.22. The van der Waals surface area contributed by atoms with Gasteiger partial charge in [-0.1, -0.05) is 36.4 Å². The minimum absolute atomic E-state index is 0.127. The average Bonchev–Trinajstić information content (AvgIpc) is 2.46. The van der Waals surface area contributed by atoms with E-state index < -0.39 is 6.04 Å². The second kappa shape index (κ2) is 6.70. The molecule has 1 unspecified atom stereocenters. The fourth-order valence-electron chi connectivity index (χ4n) is 1.83. The topological polar surface area (TPSA) is 41.1 Å². The van der Waals surface area contributed by atoms with Crippen LogP contribution in [-0.2, 0) is 11.3 Å². The molecule has 20 heavy (non-hydrogen) atoms. The van der Waals surface area contributed by atoms with Crippen molar-refractivity contribution in [2.75, 3.05) is 5.32 Å². The molecule has 3 nitrogen and oxygen atoms in total. The first kappa shape index (κ1) is 14.1. The van der Waals surface area contributed by atoms with Crippen molar-refractivity contribution in [2.24, 2.45) is 0 Å². The fourth-order valence-corrected chi connectivity index (χ4v) is 1.83. The van der Waals surface area contributed by atoms with Crippen molar-refractivity contribution in [3.8, 4) is 0 Å². The molecule has 0 saturated carbocycles. The molecular weight excluding hydrogens is 255 g/mol. The molecule has 2 aromatic rings. The van der Waals surface area contributed by atoms with Crippen LogP contribution in [-0.4, -0.2) is 11.9 Å². The largest absolute Gasteiger partial charge is 0.374 e. The summed E-state index contributed by atoms with van der Waals surface area (Å²) in [5.74, 6) is -0.454. The molecule has 0 saturated heterocycles. The van der Waals surface area contributed by atoms with E-state index in [0.717, 1.165) is 5.56 Å². The molecule has 0 spiro atoms. The minimum atomic E-state index is -0.430. The van der Waals surface area contributed by atoms with Crippen molar-refractivity contribution in [2.45, 2.75) is 19.5 Å². The van der Waals surface area contributed by atoms with Crippen LogP contribution in [0.3, 0.4) is 0 Å². The molecule has 0 fully saturated rings. The van der Waals surface area contributed by atoms with E-state index >= 15 is 0 Å². The van der Waals surface area contributed by atoms with Gasteiger partial charge in [0.05, 0.1) is 0 Å². The number of benzene rings is 2. The zero-order chi connectivity index (χ0) is 14.4. The van der Waals surface area contributed by atoms with Gasteiger partial charge < -0.3 is 10.6 Å². The van der Waals surface area contributed by atoms with Gasteiger partial charge in [-0.3, -0.25) is 4.79 Å². The van der Waals surface area contributed by atoms with Gasteiger partial charge in [-0.25, -0.2) is 4.39 Å². The molecule has 2 rings (SSSR count). The van der Waals surface area contributed by atoms with E-state index in [1.54, 1.807) is 19.1 Å². The summed E-state index contributed by atoms with van der Waals surface area (Å²) >= 11 is 0. The zero-order valence-electron chi connectivity index (χ0n) is 11.3. The van der Waals surface area contributed by atoms with Gasteiger partial charge in [0.1, 0.15) is 11.9 Å². The monoisotopic (exact) mass is 272 g/mol.